The number of nitrogens with zero attached hydrogens (tertiary/aromatic N) is 2. The zero-order valence-corrected chi connectivity index (χ0v) is 8.18. The lowest BCUT2D eigenvalue weighted by molar-refractivity contribution is 0.527. The van der Waals surface area contributed by atoms with Crippen molar-refractivity contribution in [2.45, 2.75) is 0 Å². The minimum atomic E-state index is -0.567. The summed E-state index contributed by atoms with van der Waals surface area (Å²) in [6, 6.07) is 9.42. The Bertz CT molecular complexity index is 694. The number of aromatic amines is 1. The maximum absolute atomic E-state index is 10.9. The van der Waals surface area contributed by atoms with Crippen LogP contribution in [0.4, 0.5) is 0 Å². The lowest BCUT2D eigenvalue weighted by atomic mass is 10.1. The summed E-state index contributed by atoms with van der Waals surface area (Å²) in [7, 11) is 0. The molecule has 0 aliphatic rings. The van der Waals surface area contributed by atoms with E-state index in [9.17, 15) is 4.79 Å². The Morgan fingerprint density at radius 1 is 1.19 bits per heavy atom. The second-order valence-electron chi connectivity index (χ2n) is 3.30. The van der Waals surface area contributed by atoms with Crippen LogP contribution in [0.5, 0.6) is 0 Å². The van der Waals surface area contributed by atoms with Crippen LogP contribution >= 0.6 is 0 Å². The van der Waals surface area contributed by atoms with Crippen LogP contribution in [0.25, 0.3) is 22.4 Å². The van der Waals surface area contributed by atoms with Gasteiger partial charge in [-0.25, -0.2) is 9.89 Å². The number of para-hydroxylation sites is 1. The van der Waals surface area contributed by atoms with Crippen molar-refractivity contribution in [1.82, 2.24) is 15.2 Å². The second-order valence-corrected chi connectivity index (χ2v) is 3.30. The van der Waals surface area contributed by atoms with Gasteiger partial charge in [0.15, 0.2) is 0 Å². The summed E-state index contributed by atoms with van der Waals surface area (Å²) in [5.41, 5.74) is 1.47. The van der Waals surface area contributed by atoms with Gasteiger partial charge in [-0.1, -0.05) is 18.2 Å². The molecule has 0 radical (unpaired) electrons. The highest BCUT2D eigenvalue weighted by Crippen LogP contribution is 2.23. The summed E-state index contributed by atoms with van der Waals surface area (Å²) in [5.74, 6) is -0.308. The molecule has 2 aromatic heterocycles. The normalized spacial score (nSPS) is 10.8. The average Bonchev–Trinajstić information content (AvgIpc) is 2.75. The molecule has 0 saturated carbocycles. The van der Waals surface area contributed by atoms with Gasteiger partial charge in [-0.15, -0.1) is 5.10 Å². The Balaban J connectivity index is 2.35. The first kappa shape index (κ1) is 8.84. The number of fused-ring (bicyclic) bond motifs is 1. The molecule has 3 aromatic rings. The number of benzene rings is 1. The van der Waals surface area contributed by atoms with Crippen LogP contribution in [0.1, 0.15) is 0 Å². The van der Waals surface area contributed by atoms with Crippen molar-refractivity contribution in [2.24, 2.45) is 0 Å². The van der Waals surface area contributed by atoms with Crippen LogP contribution < -0.4 is 5.76 Å². The van der Waals surface area contributed by atoms with E-state index in [1.54, 1.807) is 6.20 Å². The predicted molar refractivity (Wildman–Crippen MR) is 57.9 cm³/mol. The lowest BCUT2D eigenvalue weighted by Gasteiger charge is -2.00. The molecule has 0 fully saturated rings. The molecule has 1 N–H and O–H groups in total. The molecular weight excluding hydrogens is 206 g/mol. The van der Waals surface area contributed by atoms with Crippen molar-refractivity contribution >= 4 is 10.9 Å². The quantitative estimate of drug-likeness (QED) is 0.666. The third kappa shape index (κ3) is 1.30. The molecule has 78 valence electrons. The van der Waals surface area contributed by atoms with Gasteiger partial charge < -0.3 is 4.42 Å². The van der Waals surface area contributed by atoms with Gasteiger partial charge in [0.2, 0.25) is 0 Å². The monoisotopic (exact) mass is 213 g/mol. The van der Waals surface area contributed by atoms with E-state index < -0.39 is 5.76 Å². The zero-order valence-electron chi connectivity index (χ0n) is 8.18. The minimum absolute atomic E-state index is 0.259. The van der Waals surface area contributed by atoms with Crippen LogP contribution in [0.2, 0.25) is 0 Å². The molecule has 5 nitrogen and oxygen atoms in total. The van der Waals surface area contributed by atoms with Crippen molar-refractivity contribution in [2.75, 3.05) is 0 Å². The highest BCUT2D eigenvalue weighted by Gasteiger charge is 2.09. The van der Waals surface area contributed by atoms with Gasteiger partial charge in [0.05, 0.1) is 11.1 Å². The molecule has 2 heterocycles. The Kier molecular flexibility index (Phi) is 1.83. The van der Waals surface area contributed by atoms with Crippen molar-refractivity contribution in [1.29, 1.82) is 0 Å². The van der Waals surface area contributed by atoms with Gasteiger partial charge >= 0.3 is 5.76 Å². The van der Waals surface area contributed by atoms with Crippen LogP contribution in [0, 0.1) is 0 Å². The number of hydrogen-bond acceptors (Lipinski definition) is 4. The molecule has 0 unspecified atom stereocenters. The van der Waals surface area contributed by atoms with Crippen molar-refractivity contribution in [3.05, 3.63) is 47.1 Å². The molecule has 0 saturated heterocycles. The van der Waals surface area contributed by atoms with Gasteiger partial charge in [0, 0.05) is 11.6 Å². The highest BCUT2D eigenvalue weighted by molar-refractivity contribution is 5.91. The maximum atomic E-state index is 10.9. The number of rotatable bonds is 1. The van der Waals surface area contributed by atoms with Crippen LogP contribution in [-0.2, 0) is 0 Å². The molecule has 0 aliphatic carbocycles. The van der Waals surface area contributed by atoms with E-state index >= 15 is 0 Å². The third-order valence-electron chi connectivity index (χ3n) is 2.30. The molecule has 5 heteroatoms. The average molecular weight is 213 g/mol. The molecule has 3 rings (SSSR count). The summed E-state index contributed by atoms with van der Waals surface area (Å²) < 4.78 is 4.92. The van der Waals surface area contributed by atoms with E-state index in [4.69, 9.17) is 4.42 Å². The van der Waals surface area contributed by atoms with E-state index in [1.165, 1.54) is 0 Å². The summed E-state index contributed by atoms with van der Waals surface area (Å²) in [4.78, 5) is 15.1. The molecular formula is C11H7N3O2. The summed E-state index contributed by atoms with van der Waals surface area (Å²) >= 11 is 0. The molecule has 0 bridgehead atoms. The predicted octanol–water partition coefficient (Wildman–Crippen LogP) is 1.58. The van der Waals surface area contributed by atoms with Gasteiger partial charge in [0.1, 0.15) is 0 Å². The molecule has 0 atom stereocenters. The van der Waals surface area contributed by atoms with Gasteiger partial charge in [0.25, 0.3) is 5.89 Å². The number of aromatic nitrogens is 3. The molecule has 0 aliphatic heterocycles. The van der Waals surface area contributed by atoms with E-state index in [-0.39, 0.29) is 5.89 Å². The fourth-order valence-corrected chi connectivity index (χ4v) is 1.62. The first-order chi connectivity index (χ1) is 7.84. The van der Waals surface area contributed by atoms with Crippen molar-refractivity contribution < 1.29 is 4.42 Å². The molecule has 0 amide bonds. The largest absolute Gasteiger partial charge is 0.434 e. The lowest BCUT2D eigenvalue weighted by Crippen LogP contribution is -1.93. The van der Waals surface area contributed by atoms with Crippen LogP contribution in [-0.4, -0.2) is 15.2 Å². The summed E-state index contributed by atoms with van der Waals surface area (Å²) in [5, 5.41) is 7.00. The van der Waals surface area contributed by atoms with Gasteiger partial charge in [-0.05, 0) is 12.1 Å². The van der Waals surface area contributed by atoms with E-state index in [2.05, 4.69) is 15.2 Å². The Labute approximate surface area is 89.8 Å². The van der Waals surface area contributed by atoms with Crippen LogP contribution in [0.15, 0.2) is 45.7 Å². The van der Waals surface area contributed by atoms with Crippen LogP contribution in [0.3, 0.4) is 0 Å². The Hall–Kier alpha value is -2.43. The SMILES string of the molecule is O=c1[nH]nc(-c2cccc3cccnc23)o1. The van der Waals surface area contributed by atoms with Crippen molar-refractivity contribution in [3.63, 3.8) is 0 Å². The van der Waals surface area contributed by atoms with E-state index in [1.807, 2.05) is 30.3 Å². The van der Waals surface area contributed by atoms with E-state index in [0.29, 0.717) is 5.56 Å². The standard InChI is InChI=1S/C11H7N3O2/c15-11-14-13-10(16-11)8-5-1-3-7-4-2-6-12-9(7)8/h1-6H,(H,14,15). The minimum Gasteiger partial charge on any atom is -0.388 e. The highest BCUT2D eigenvalue weighted by atomic mass is 16.4. The summed E-state index contributed by atoms with van der Waals surface area (Å²) in [6.45, 7) is 0. The third-order valence-corrected chi connectivity index (χ3v) is 2.30. The summed E-state index contributed by atoms with van der Waals surface area (Å²) in [6.07, 6.45) is 1.69. The zero-order chi connectivity index (χ0) is 11.0. The number of hydrogen-bond donors (Lipinski definition) is 1. The van der Waals surface area contributed by atoms with Gasteiger partial charge in [-0.3, -0.25) is 4.98 Å². The second kappa shape index (κ2) is 3.30. The Morgan fingerprint density at radius 3 is 2.88 bits per heavy atom. The molecule has 1 aromatic carbocycles. The Morgan fingerprint density at radius 2 is 2.06 bits per heavy atom. The number of nitrogens with one attached hydrogen (secondary N) is 1. The van der Waals surface area contributed by atoms with Crippen molar-refractivity contribution in [3.8, 4) is 11.5 Å². The molecule has 16 heavy (non-hydrogen) atoms. The smallest absolute Gasteiger partial charge is 0.388 e. The first-order valence-corrected chi connectivity index (χ1v) is 4.74. The topological polar surface area (TPSA) is 71.8 Å². The van der Waals surface area contributed by atoms with Gasteiger partial charge in [-0.2, -0.15) is 0 Å². The maximum Gasteiger partial charge on any atom is 0.434 e. The fraction of sp³-hybridized carbons (Fsp3) is 0. The molecule has 0 spiro atoms. The fourth-order valence-electron chi connectivity index (χ4n) is 1.62. The number of H-pyrrole nitrogens is 1. The van der Waals surface area contributed by atoms with E-state index in [0.717, 1.165) is 10.9 Å². The number of pyridine rings is 1. The first-order valence-electron chi connectivity index (χ1n) is 4.74.